The Kier molecular flexibility index (Phi) is 10.7. The van der Waals surface area contributed by atoms with Crippen LogP contribution >= 0.6 is 0 Å². The molecule has 0 aromatic heterocycles. The zero-order chi connectivity index (χ0) is 22.8. The van der Waals surface area contributed by atoms with E-state index in [1.807, 2.05) is 6.21 Å². The number of carboxylic acid groups (broad SMARTS) is 2. The van der Waals surface area contributed by atoms with Crippen molar-refractivity contribution in [3.63, 3.8) is 0 Å². The number of carbonyl (C=O) groups is 2. The van der Waals surface area contributed by atoms with E-state index in [1.165, 1.54) is 25.7 Å². The highest BCUT2D eigenvalue weighted by atomic mass is 16.6. The van der Waals surface area contributed by atoms with Crippen molar-refractivity contribution < 1.29 is 29.7 Å². The van der Waals surface area contributed by atoms with Gasteiger partial charge in [0.1, 0.15) is 6.61 Å². The lowest BCUT2D eigenvalue weighted by molar-refractivity contribution is -0.159. The predicted molar refractivity (Wildman–Crippen MR) is 114 cm³/mol. The Balaban J connectivity index is 0.000000656. The van der Waals surface area contributed by atoms with Gasteiger partial charge in [-0.15, -0.1) is 0 Å². The molecule has 2 aliphatic rings. The van der Waals surface area contributed by atoms with E-state index in [-0.39, 0.29) is 5.41 Å². The summed E-state index contributed by atoms with van der Waals surface area (Å²) in [6.07, 6.45) is 10.9. The number of hydrogen-bond donors (Lipinski definition) is 4. The van der Waals surface area contributed by atoms with E-state index in [0.717, 1.165) is 32.2 Å². The van der Waals surface area contributed by atoms with Gasteiger partial charge < -0.3 is 30.8 Å². The third-order valence-electron chi connectivity index (χ3n) is 6.62. The minimum Gasteiger partial charge on any atom is -0.473 e. The number of nitrogens with zero attached hydrogens (tertiary/aromatic N) is 2. The maximum Gasteiger partial charge on any atom is 0.414 e. The van der Waals surface area contributed by atoms with Crippen LogP contribution < -0.4 is 5.73 Å². The molecule has 2 aliphatic carbocycles. The Bertz CT molecular complexity index is 573. The first-order valence-corrected chi connectivity index (χ1v) is 10.7. The molecular weight excluding hydrogens is 390 g/mol. The highest BCUT2D eigenvalue weighted by Gasteiger charge is 2.58. The SMILES string of the molecule is CN(C)CCCC[C@H]1CC[C@]2(C)[C@@H](/C=N/OCCN)CC[C@]2(O)C1.O=C(O)C(=O)O. The van der Waals surface area contributed by atoms with E-state index in [9.17, 15) is 5.11 Å². The second-order valence-electron chi connectivity index (χ2n) is 8.99. The summed E-state index contributed by atoms with van der Waals surface area (Å²) in [6.45, 7) is 4.36. The van der Waals surface area contributed by atoms with Crippen LogP contribution in [0.5, 0.6) is 0 Å². The maximum atomic E-state index is 11.3. The zero-order valence-electron chi connectivity index (χ0n) is 18.5. The minimum absolute atomic E-state index is 0.0529. The first kappa shape index (κ1) is 26.3. The summed E-state index contributed by atoms with van der Waals surface area (Å²) in [5.74, 6) is -2.66. The largest absolute Gasteiger partial charge is 0.473 e. The van der Waals surface area contributed by atoms with Crippen LogP contribution in [0.2, 0.25) is 0 Å². The molecule has 0 aromatic rings. The van der Waals surface area contributed by atoms with Crippen molar-refractivity contribution in [3.05, 3.63) is 0 Å². The summed E-state index contributed by atoms with van der Waals surface area (Å²) in [4.78, 5) is 25.6. The van der Waals surface area contributed by atoms with E-state index in [0.29, 0.717) is 25.0 Å². The van der Waals surface area contributed by atoms with Crippen molar-refractivity contribution >= 4 is 18.2 Å². The van der Waals surface area contributed by atoms with Crippen molar-refractivity contribution in [2.24, 2.45) is 28.1 Å². The lowest BCUT2D eigenvalue weighted by Gasteiger charge is -2.48. The number of fused-ring (bicyclic) bond motifs is 1. The smallest absolute Gasteiger partial charge is 0.414 e. The average Bonchev–Trinajstić information content (AvgIpc) is 2.93. The predicted octanol–water partition coefficient (Wildman–Crippen LogP) is 1.78. The van der Waals surface area contributed by atoms with Crippen LogP contribution in [0.1, 0.15) is 58.3 Å². The van der Waals surface area contributed by atoms with E-state index >= 15 is 0 Å². The van der Waals surface area contributed by atoms with E-state index in [2.05, 4.69) is 31.1 Å². The van der Waals surface area contributed by atoms with Gasteiger partial charge in [-0.05, 0) is 65.1 Å². The highest BCUT2D eigenvalue weighted by molar-refractivity contribution is 6.27. The molecular formula is C21H39N3O6. The fourth-order valence-corrected chi connectivity index (χ4v) is 4.75. The van der Waals surface area contributed by atoms with Gasteiger partial charge in [0.25, 0.3) is 0 Å². The number of nitrogens with two attached hydrogens (primary N) is 1. The summed E-state index contributed by atoms with van der Waals surface area (Å²) >= 11 is 0. The third kappa shape index (κ3) is 7.52. The Labute approximate surface area is 179 Å². The first-order valence-electron chi connectivity index (χ1n) is 10.7. The van der Waals surface area contributed by atoms with Crippen LogP contribution in [-0.2, 0) is 14.4 Å². The van der Waals surface area contributed by atoms with Crippen LogP contribution in [0.25, 0.3) is 0 Å². The molecule has 9 heteroatoms. The quantitative estimate of drug-likeness (QED) is 0.188. The third-order valence-corrected chi connectivity index (χ3v) is 6.62. The molecule has 0 unspecified atom stereocenters. The van der Waals surface area contributed by atoms with Crippen LogP contribution in [0.15, 0.2) is 5.16 Å². The lowest BCUT2D eigenvalue weighted by atomic mass is 9.60. The van der Waals surface area contributed by atoms with Gasteiger partial charge in [0.05, 0.1) is 5.60 Å². The molecule has 0 saturated heterocycles. The summed E-state index contributed by atoms with van der Waals surface area (Å²) in [6, 6.07) is 0. The molecule has 2 rings (SSSR count). The minimum atomic E-state index is -1.82. The molecule has 0 aliphatic heterocycles. The molecule has 174 valence electrons. The molecule has 9 nitrogen and oxygen atoms in total. The molecule has 0 radical (unpaired) electrons. The molecule has 30 heavy (non-hydrogen) atoms. The number of carboxylic acids is 2. The lowest BCUT2D eigenvalue weighted by Crippen LogP contribution is -2.50. The molecule has 0 heterocycles. The monoisotopic (exact) mass is 429 g/mol. The maximum absolute atomic E-state index is 11.3. The average molecular weight is 430 g/mol. The number of aliphatic hydroxyl groups is 1. The van der Waals surface area contributed by atoms with Gasteiger partial charge in [-0.25, -0.2) is 9.59 Å². The molecule has 4 atom stereocenters. The Morgan fingerprint density at radius 2 is 1.87 bits per heavy atom. The second-order valence-corrected chi connectivity index (χ2v) is 8.99. The molecule has 5 N–H and O–H groups in total. The van der Waals surface area contributed by atoms with Gasteiger partial charge >= 0.3 is 11.9 Å². The van der Waals surface area contributed by atoms with Crippen molar-refractivity contribution in [1.29, 1.82) is 0 Å². The van der Waals surface area contributed by atoms with Crippen LogP contribution in [0.4, 0.5) is 0 Å². The molecule has 0 amide bonds. The normalized spacial score (nSPS) is 30.6. The molecule has 0 bridgehead atoms. The topological polar surface area (TPSA) is 146 Å². The number of unbranched alkanes of at least 4 members (excludes halogenated alkanes) is 1. The van der Waals surface area contributed by atoms with Crippen LogP contribution in [0.3, 0.4) is 0 Å². The number of rotatable bonds is 9. The second kappa shape index (κ2) is 12.2. The van der Waals surface area contributed by atoms with E-state index < -0.39 is 17.5 Å². The zero-order valence-corrected chi connectivity index (χ0v) is 18.5. The summed E-state index contributed by atoms with van der Waals surface area (Å²) in [7, 11) is 4.26. The number of oxime groups is 1. The van der Waals surface area contributed by atoms with Gasteiger partial charge in [-0.3, -0.25) is 0 Å². The Hall–Kier alpha value is -1.71. The van der Waals surface area contributed by atoms with Gasteiger partial charge in [-0.2, -0.15) is 0 Å². The molecule has 2 saturated carbocycles. The van der Waals surface area contributed by atoms with E-state index in [4.69, 9.17) is 30.4 Å². The van der Waals surface area contributed by atoms with Gasteiger partial charge in [-0.1, -0.05) is 24.9 Å². The molecule has 0 spiro atoms. The van der Waals surface area contributed by atoms with Gasteiger partial charge in [0, 0.05) is 24.1 Å². The van der Waals surface area contributed by atoms with Crippen molar-refractivity contribution in [1.82, 2.24) is 4.90 Å². The van der Waals surface area contributed by atoms with Crippen LogP contribution in [0, 0.1) is 17.3 Å². The summed E-state index contributed by atoms with van der Waals surface area (Å²) in [5.41, 5.74) is 4.84. The fourth-order valence-electron chi connectivity index (χ4n) is 4.75. The molecule has 2 fully saturated rings. The van der Waals surface area contributed by atoms with Crippen LogP contribution in [-0.4, -0.2) is 77.8 Å². The summed E-state index contributed by atoms with van der Waals surface area (Å²) in [5, 5.41) is 30.2. The molecule has 0 aromatic carbocycles. The summed E-state index contributed by atoms with van der Waals surface area (Å²) < 4.78 is 0. The van der Waals surface area contributed by atoms with Gasteiger partial charge in [0.2, 0.25) is 0 Å². The first-order chi connectivity index (χ1) is 14.1. The van der Waals surface area contributed by atoms with Crippen molar-refractivity contribution in [3.8, 4) is 0 Å². The highest BCUT2D eigenvalue weighted by Crippen LogP contribution is 2.59. The van der Waals surface area contributed by atoms with Crippen molar-refractivity contribution in [2.75, 3.05) is 33.8 Å². The fraction of sp³-hybridized carbons (Fsp3) is 0.857. The van der Waals surface area contributed by atoms with E-state index in [1.54, 1.807) is 0 Å². The number of aliphatic carboxylic acids is 2. The van der Waals surface area contributed by atoms with Crippen molar-refractivity contribution in [2.45, 2.75) is 63.9 Å². The number of hydrogen-bond acceptors (Lipinski definition) is 7. The Morgan fingerprint density at radius 3 is 2.43 bits per heavy atom. The Morgan fingerprint density at radius 1 is 1.20 bits per heavy atom. The standard InChI is InChI=1S/C19H37N3O2.C2H2O4/c1-18-9-7-16(6-4-5-12-22(2)3)14-19(18,23)10-8-17(18)15-21-24-13-11-20;3-1(4)2(5)6/h15-17,23H,4-14,20H2,1-3H3;(H,3,4)(H,5,6)/b21-15+;/t16-,17+,18+,19-;/m0./s1. The van der Waals surface area contributed by atoms with Gasteiger partial charge in [0.15, 0.2) is 0 Å².